The largest absolute Gasteiger partial charge is 0.488 e. The van der Waals surface area contributed by atoms with Crippen molar-refractivity contribution in [2.24, 2.45) is 0 Å². The van der Waals surface area contributed by atoms with E-state index in [2.05, 4.69) is 26.5 Å². The molecule has 0 bridgehead atoms. The van der Waals surface area contributed by atoms with Gasteiger partial charge >= 0.3 is 5.69 Å². The number of aromatic nitrogens is 4. The molecule has 0 spiro atoms. The quantitative estimate of drug-likeness (QED) is 0.404. The molecule has 3 aromatic heterocycles. The molecule has 8 nitrogen and oxygen atoms in total. The van der Waals surface area contributed by atoms with Crippen molar-refractivity contribution in [3.05, 3.63) is 94.0 Å². The lowest BCUT2D eigenvalue weighted by Gasteiger charge is -2.27. The molecule has 0 fully saturated rings. The van der Waals surface area contributed by atoms with E-state index in [1.54, 1.807) is 10.8 Å². The third-order valence-electron chi connectivity index (χ3n) is 6.31. The topological polar surface area (TPSA) is 98.0 Å². The molecule has 2 aromatic carbocycles. The number of para-hydroxylation sites is 1. The highest BCUT2D eigenvalue weighted by atomic mass is 16.5. The van der Waals surface area contributed by atoms with Crippen LogP contribution in [0.1, 0.15) is 28.8 Å². The van der Waals surface area contributed by atoms with Gasteiger partial charge in [-0.25, -0.2) is 4.79 Å². The summed E-state index contributed by atoms with van der Waals surface area (Å²) in [6.07, 6.45) is 1.73. The fraction of sp³-hybridized carbons (Fsp3) is 0.192. The second-order valence-electron chi connectivity index (χ2n) is 8.44. The van der Waals surface area contributed by atoms with Crippen LogP contribution in [0.15, 0.2) is 70.1 Å². The summed E-state index contributed by atoms with van der Waals surface area (Å²) in [5, 5.41) is 7.61. The monoisotopic (exact) mass is 453 g/mol. The number of anilines is 1. The lowest BCUT2D eigenvalue weighted by Crippen LogP contribution is -2.31. The van der Waals surface area contributed by atoms with Crippen molar-refractivity contribution in [2.75, 3.05) is 11.9 Å². The summed E-state index contributed by atoms with van der Waals surface area (Å²) in [7, 11) is 0. The van der Waals surface area contributed by atoms with Gasteiger partial charge in [0.2, 0.25) is 0 Å². The number of H-pyrrole nitrogens is 1. The number of aryl methyl sites for hydroxylation is 2. The van der Waals surface area contributed by atoms with Gasteiger partial charge in [0.1, 0.15) is 23.9 Å². The summed E-state index contributed by atoms with van der Waals surface area (Å²) in [6.45, 7) is 4.62. The van der Waals surface area contributed by atoms with Gasteiger partial charge in [-0.1, -0.05) is 29.4 Å². The minimum atomic E-state index is -0.329. The van der Waals surface area contributed by atoms with Gasteiger partial charge in [0.25, 0.3) is 0 Å². The molecule has 1 aliphatic rings. The van der Waals surface area contributed by atoms with Crippen LogP contribution < -0.4 is 15.7 Å². The third-order valence-corrected chi connectivity index (χ3v) is 6.31. The van der Waals surface area contributed by atoms with E-state index in [0.717, 1.165) is 44.8 Å². The van der Waals surface area contributed by atoms with Gasteiger partial charge < -0.3 is 19.6 Å². The zero-order valence-electron chi connectivity index (χ0n) is 18.8. The molecule has 5 aromatic rings. The molecule has 8 heteroatoms. The first-order chi connectivity index (χ1) is 16.6. The number of nitrogens with zero attached hydrogens (tertiary/aromatic N) is 3. The zero-order valence-corrected chi connectivity index (χ0v) is 18.8. The van der Waals surface area contributed by atoms with Gasteiger partial charge in [-0.05, 0) is 49.7 Å². The molecule has 1 unspecified atom stereocenters. The highest BCUT2D eigenvalue weighted by Crippen LogP contribution is 2.44. The summed E-state index contributed by atoms with van der Waals surface area (Å²) in [4.78, 5) is 20.8. The molecule has 1 atom stereocenters. The van der Waals surface area contributed by atoms with Crippen LogP contribution in [0.4, 0.5) is 5.69 Å². The van der Waals surface area contributed by atoms with Crippen LogP contribution in [0.5, 0.6) is 5.75 Å². The number of pyridine rings is 1. The zero-order chi connectivity index (χ0) is 23.2. The van der Waals surface area contributed by atoms with Gasteiger partial charge in [0.05, 0.1) is 22.5 Å². The Bertz CT molecular complexity index is 1530. The van der Waals surface area contributed by atoms with Crippen LogP contribution in [0.2, 0.25) is 0 Å². The highest BCUT2D eigenvalue weighted by molar-refractivity contribution is 5.95. The SMILES string of the molecule is Cc1noc(C)c1-c1cc(CNc2ccccc2)c2[nH]c(=O)n3c2c1OCC3c1ccccn1. The van der Waals surface area contributed by atoms with Crippen molar-refractivity contribution >= 4 is 16.7 Å². The summed E-state index contributed by atoms with van der Waals surface area (Å²) in [6, 6.07) is 17.4. The maximum Gasteiger partial charge on any atom is 0.327 e. The Morgan fingerprint density at radius 2 is 1.97 bits per heavy atom. The minimum absolute atomic E-state index is 0.188. The molecular formula is C26H23N5O3. The predicted octanol–water partition coefficient (Wildman–Crippen LogP) is 4.59. The fourth-order valence-corrected chi connectivity index (χ4v) is 4.76. The number of nitrogens with one attached hydrogen (secondary N) is 2. The first-order valence-corrected chi connectivity index (χ1v) is 11.2. The summed E-state index contributed by atoms with van der Waals surface area (Å²) < 4.78 is 13.6. The number of rotatable bonds is 5. The summed E-state index contributed by atoms with van der Waals surface area (Å²) in [5.74, 6) is 1.35. The summed E-state index contributed by atoms with van der Waals surface area (Å²) in [5.41, 5.74) is 6.53. The van der Waals surface area contributed by atoms with Gasteiger partial charge in [-0.2, -0.15) is 0 Å². The number of hydrogen-bond donors (Lipinski definition) is 2. The van der Waals surface area contributed by atoms with E-state index < -0.39 is 0 Å². The molecule has 4 heterocycles. The smallest absolute Gasteiger partial charge is 0.327 e. The average Bonchev–Trinajstić information content (AvgIpc) is 3.39. The van der Waals surface area contributed by atoms with E-state index in [0.29, 0.717) is 24.7 Å². The van der Waals surface area contributed by atoms with Gasteiger partial charge in [0, 0.05) is 24.0 Å². The molecular weight excluding hydrogens is 430 g/mol. The second kappa shape index (κ2) is 7.91. The molecule has 0 saturated heterocycles. The third kappa shape index (κ3) is 3.18. The van der Waals surface area contributed by atoms with Crippen LogP contribution in [-0.4, -0.2) is 26.3 Å². The van der Waals surface area contributed by atoms with E-state index >= 15 is 0 Å². The van der Waals surface area contributed by atoms with Crippen molar-refractivity contribution in [3.8, 4) is 16.9 Å². The van der Waals surface area contributed by atoms with Crippen LogP contribution in [0, 0.1) is 13.8 Å². The molecule has 0 saturated carbocycles. The number of ether oxygens (including phenoxy) is 1. The predicted molar refractivity (Wildman–Crippen MR) is 129 cm³/mol. The summed E-state index contributed by atoms with van der Waals surface area (Å²) >= 11 is 0. The van der Waals surface area contributed by atoms with Gasteiger partial charge in [0.15, 0.2) is 5.75 Å². The normalized spacial score (nSPS) is 14.8. The van der Waals surface area contributed by atoms with Gasteiger partial charge in [-0.15, -0.1) is 0 Å². The van der Waals surface area contributed by atoms with Crippen LogP contribution in [0.3, 0.4) is 0 Å². The van der Waals surface area contributed by atoms with E-state index in [1.807, 2.05) is 62.4 Å². The Balaban J connectivity index is 1.58. The van der Waals surface area contributed by atoms with Crippen molar-refractivity contribution in [1.29, 1.82) is 0 Å². The van der Waals surface area contributed by atoms with Crippen molar-refractivity contribution in [1.82, 2.24) is 19.7 Å². The van der Waals surface area contributed by atoms with Crippen molar-refractivity contribution < 1.29 is 9.26 Å². The number of hydrogen-bond acceptors (Lipinski definition) is 6. The molecule has 0 aliphatic carbocycles. The minimum Gasteiger partial charge on any atom is -0.488 e. The Morgan fingerprint density at radius 1 is 1.15 bits per heavy atom. The Hall–Kier alpha value is -4.33. The van der Waals surface area contributed by atoms with E-state index in [9.17, 15) is 4.79 Å². The first-order valence-electron chi connectivity index (χ1n) is 11.2. The van der Waals surface area contributed by atoms with Crippen LogP contribution in [-0.2, 0) is 6.54 Å². The average molecular weight is 454 g/mol. The number of aromatic amines is 1. The van der Waals surface area contributed by atoms with E-state index in [-0.39, 0.29) is 11.7 Å². The fourth-order valence-electron chi connectivity index (χ4n) is 4.76. The lowest BCUT2D eigenvalue weighted by molar-refractivity contribution is 0.255. The van der Waals surface area contributed by atoms with Crippen molar-refractivity contribution in [3.63, 3.8) is 0 Å². The standard InChI is InChI=1S/C26H23N5O3/c1-15-22(16(2)34-30-15)19-12-17(13-28-18-8-4-3-5-9-18)23-24-25(19)33-14-21(31(24)26(32)29-23)20-10-6-7-11-27-20/h3-12,21,28H,13-14H2,1-2H3,(H,29,32). The molecule has 170 valence electrons. The lowest BCUT2D eigenvalue weighted by atomic mass is 9.97. The number of benzene rings is 2. The van der Waals surface area contributed by atoms with E-state index in [4.69, 9.17) is 9.26 Å². The van der Waals surface area contributed by atoms with Gasteiger partial charge in [-0.3, -0.25) is 9.55 Å². The first kappa shape index (κ1) is 20.3. The Labute approximate surface area is 195 Å². The molecule has 0 amide bonds. The molecule has 6 rings (SSSR count). The molecule has 34 heavy (non-hydrogen) atoms. The van der Waals surface area contributed by atoms with Crippen LogP contribution >= 0.6 is 0 Å². The highest BCUT2D eigenvalue weighted by Gasteiger charge is 2.32. The van der Waals surface area contributed by atoms with Crippen LogP contribution in [0.25, 0.3) is 22.2 Å². The maximum atomic E-state index is 13.3. The molecule has 2 N–H and O–H groups in total. The van der Waals surface area contributed by atoms with Crippen molar-refractivity contribution in [2.45, 2.75) is 26.4 Å². The maximum absolute atomic E-state index is 13.3. The molecule has 0 radical (unpaired) electrons. The second-order valence-corrected chi connectivity index (χ2v) is 8.44. The Kier molecular flexibility index (Phi) is 4.72. The number of imidazole rings is 1. The molecule has 1 aliphatic heterocycles. The van der Waals surface area contributed by atoms with E-state index in [1.165, 1.54) is 0 Å². The Morgan fingerprint density at radius 3 is 2.71 bits per heavy atom.